The Hall–Kier alpha value is -2.53. The maximum atomic E-state index is 11.5. The van der Waals surface area contributed by atoms with Crippen LogP contribution in [0.15, 0.2) is 59.5 Å². The normalized spacial score (nSPS) is 13.5. The minimum Gasteiger partial charge on any atom is -0.480 e. The molecule has 0 unspecified atom stereocenters. The van der Waals surface area contributed by atoms with Crippen molar-refractivity contribution >= 4 is 39.0 Å². The van der Waals surface area contributed by atoms with Gasteiger partial charge in [-0.1, -0.05) is 30.3 Å². The van der Waals surface area contributed by atoms with Crippen molar-refractivity contribution in [3.63, 3.8) is 0 Å². The Balaban J connectivity index is 2.07. The Morgan fingerprint density at radius 3 is 2.15 bits per heavy atom. The Labute approximate surface area is 155 Å². The van der Waals surface area contributed by atoms with E-state index >= 15 is 0 Å². The monoisotopic (exact) mass is 395 g/mol. The molecule has 138 valence electrons. The first-order valence-corrected chi connectivity index (χ1v) is 9.30. The van der Waals surface area contributed by atoms with Crippen LogP contribution in [0.5, 0.6) is 0 Å². The number of nitrogens with one attached hydrogen (secondary N) is 2. The molecule has 0 aliphatic heterocycles. The molecule has 0 fully saturated rings. The van der Waals surface area contributed by atoms with E-state index in [1.54, 1.807) is 30.3 Å². The van der Waals surface area contributed by atoms with E-state index in [1.165, 1.54) is 24.3 Å². The van der Waals surface area contributed by atoms with Gasteiger partial charge >= 0.3 is 5.97 Å². The molecule has 0 saturated heterocycles. The van der Waals surface area contributed by atoms with Crippen molar-refractivity contribution in [3.05, 3.63) is 60.2 Å². The molecule has 2 atom stereocenters. The highest BCUT2D eigenvalue weighted by Crippen LogP contribution is 2.17. The molecule has 0 heterocycles. The van der Waals surface area contributed by atoms with Gasteiger partial charge in [0.2, 0.25) is 10.0 Å². The predicted octanol–water partition coefficient (Wildman–Crippen LogP) is 0.807. The number of hydrogen-bond donors (Lipinski definition) is 5. The zero-order valence-electron chi connectivity index (χ0n) is 13.4. The van der Waals surface area contributed by atoms with Gasteiger partial charge in [0.25, 0.3) is 0 Å². The van der Waals surface area contributed by atoms with Crippen molar-refractivity contribution in [2.75, 3.05) is 5.32 Å². The molecule has 2 aromatic rings. The summed E-state index contributed by atoms with van der Waals surface area (Å²) in [5.41, 5.74) is 0.848. The molecule has 0 amide bonds. The maximum absolute atomic E-state index is 11.5. The third kappa shape index (κ3) is 5.23. The van der Waals surface area contributed by atoms with Crippen LogP contribution in [0.2, 0.25) is 0 Å². The highest BCUT2D eigenvalue weighted by molar-refractivity contribution is 7.89. The van der Waals surface area contributed by atoms with Gasteiger partial charge in [-0.2, -0.15) is 0 Å². The van der Waals surface area contributed by atoms with Gasteiger partial charge in [-0.25, -0.2) is 18.4 Å². The van der Waals surface area contributed by atoms with E-state index in [0.717, 1.165) is 0 Å². The minimum absolute atomic E-state index is 0.0456. The van der Waals surface area contributed by atoms with Gasteiger partial charge < -0.3 is 20.8 Å². The summed E-state index contributed by atoms with van der Waals surface area (Å²) in [4.78, 5) is 11.4. The fourth-order valence-electron chi connectivity index (χ4n) is 2.15. The molecule has 0 aliphatic carbocycles. The molecule has 6 N–H and O–H groups in total. The van der Waals surface area contributed by atoms with Gasteiger partial charge in [-0.3, -0.25) is 0 Å². The number of anilines is 1. The highest BCUT2D eigenvalue weighted by atomic mass is 32.2. The van der Waals surface area contributed by atoms with Crippen LogP contribution in [-0.2, 0) is 14.8 Å². The minimum atomic E-state index is -3.81. The van der Waals surface area contributed by atoms with Gasteiger partial charge in [0.05, 0.1) is 4.90 Å². The first-order valence-electron chi connectivity index (χ1n) is 7.34. The Morgan fingerprint density at radius 1 is 1.08 bits per heavy atom. The summed E-state index contributed by atoms with van der Waals surface area (Å²) < 4.78 is 22.4. The Kier molecular flexibility index (Phi) is 6.27. The Morgan fingerprint density at radius 2 is 1.65 bits per heavy atom. The molecule has 26 heavy (non-hydrogen) atoms. The largest absolute Gasteiger partial charge is 0.480 e. The lowest BCUT2D eigenvalue weighted by molar-refractivity contribution is -0.142. The predicted molar refractivity (Wildman–Crippen MR) is 100.0 cm³/mol. The molecule has 0 saturated carbocycles. The van der Waals surface area contributed by atoms with Crippen molar-refractivity contribution in [2.45, 2.75) is 17.0 Å². The maximum Gasteiger partial charge on any atom is 0.329 e. The van der Waals surface area contributed by atoms with Crippen molar-refractivity contribution in [2.24, 2.45) is 5.14 Å². The molecule has 10 heteroatoms. The van der Waals surface area contributed by atoms with E-state index in [1.807, 2.05) is 0 Å². The average molecular weight is 395 g/mol. The number of sulfonamides is 1. The van der Waals surface area contributed by atoms with Gasteiger partial charge in [0, 0.05) is 5.69 Å². The molecule has 2 aromatic carbocycles. The lowest BCUT2D eigenvalue weighted by Crippen LogP contribution is -2.46. The third-order valence-corrected chi connectivity index (χ3v) is 4.60. The summed E-state index contributed by atoms with van der Waals surface area (Å²) in [6.45, 7) is 0. The smallest absolute Gasteiger partial charge is 0.329 e. The number of primary sulfonamides is 1. The van der Waals surface area contributed by atoms with Gasteiger partial charge in [-0.05, 0) is 42.0 Å². The summed E-state index contributed by atoms with van der Waals surface area (Å²) in [5.74, 6) is -1.28. The second-order valence-electron chi connectivity index (χ2n) is 5.34. The SMILES string of the molecule is NS(=O)(=O)c1ccc(NC(=S)N[C@H](C(=O)O)[C@@H](O)c2ccccc2)cc1. The molecule has 0 aromatic heterocycles. The van der Waals surface area contributed by atoms with E-state index < -0.39 is 28.1 Å². The number of thiocarbonyl (C=S) groups is 1. The number of hydrogen-bond acceptors (Lipinski definition) is 5. The standard InChI is InChI=1S/C16H17N3O5S2/c17-26(23,24)12-8-6-11(7-9-12)18-16(25)19-13(15(21)22)14(20)10-4-2-1-3-5-10/h1-9,13-14,20H,(H,21,22)(H2,17,23,24)(H2,18,19,25)/t13-,14-/m0/s1. The van der Waals surface area contributed by atoms with Crippen molar-refractivity contribution in [3.8, 4) is 0 Å². The highest BCUT2D eigenvalue weighted by Gasteiger charge is 2.28. The van der Waals surface area contributed by atoms with Crippen molar-refractivity contribution in [1.29, 1.82) is 0 Å². The molecule has 0 radical (unpaired) electrons. The van der Waals surface area contributed by atoms with Crippen LogP contribution in [0.4, 0.5) is 5.69 Å². The summed E-state index contributed by atoms with van der Waals surface area (Å²) in [6.07, 6.45) is -1.32. The number of carbonyl (C=O) groups is 1. The average Bonchev–Trinajstić information content (AvgIpc) is 2.59. The molecular weight excluding hydrogens is 378 g/mol. The first kappa shape index (κ1) is 19.8. The molecular formula is C16H17N3O5S2. The number of aliphatic carboxylic acids is 1. The fourth-order valence-corrected chi connectivity index (χ4v) is 2.92. The Bertz CT molecular complexity index is 886. The third-order valence-electron chi connectivity index (χ3n) is 3.45. The number of aliphatic hydroxyl groups excluding tert-OH is 1. The van der Waals surface area contributed by atoms with E-state index in [0.29, 0.717) is 11.3 Å². The van der Waals surface area contributed by atoms with Crippen molar-refractivity contribution in [1.82, 2.24) is 5.32 Å². The number of carboxylic acids is 1. The number of rotatable bonds is 6. The lowest BCUT2D eigenvalue weighted by Gasteiger charge is -2.22. The van der Waals surface area contributed by atoms with Crippen LogP contribution < -0.4 is 15.8 Å². The quantitative estimate of drug-likeness (QED) is 0.452. The second-order valence-corrected chi connectivity index (χ2v) is 7.31. The summed E-state index contributed by atoms with van der Waals surface area (Å²) >= 11 is 5.07. The van der Waals surface area contributed by atoms with E-state index in [9.17, 15) is 23.4 Å². The lowest BCUT2D eigenvalue weighted by atomic mass is 10.0. The summed E-state index contributed by atoms with van der Waals surface area (Å²) in [5, 5.41) is 29.9. The van der Waals surface area contributed by atoms with Crippen LogP contribution >= 0.6 is 12.2 Å². The topological polar surface area (TPSA) is 142 Å². The van der Waals surface area contributed by atoms with E-state index in [-0.39, 0.29) is 10.0 Å². The van der Waals surface area contributed by atoms with Gasteiger partial charge in [0.1, 0.15) is 6.10 Å². The van der Waals surface area contributed by atoms with Gasteiger partial charge in [-0.15, -0.1) is 0 Å². The van der Waals surface area contributed by atoms with Crippen LogP contribution in [0.1, 0.15) is 11.7 Å². The molecule has 0 aliphatic rings. The second kappa shape index (κ2) is 8.23. The fraction of sp³-hybridized carbons (Fsp3) is 0.125. The zero-order chi connectivity index (χ0) is 19.3. The number of nitrogens with two attached hydrogens (primary N) is 1. The van der Waals surface area contributed by atoms with E-state index in [2.05, 4.69) is 10.6 Å². The van der Waals surface area contributed by atoms with Gasteiger partial charge in [0.15, 0.2) is 11.2 Å². The summed E-state index contributed by atoms with van der Waals surface area (Å²) in [7, 11) is -3.81. The zero-order valence-corrected chi connectivity index (χ0v) is 15.0. The summed E-state index contributed by atoms with van der Waals surface area (Å²) in [6, 6.07) is 12.4. The van der Waals surface area contributed by atoms with E-state index in [4.69, 9.17) is 17.4 Å². The van der Waals surface area contributed by atoms with Crippen LogP contribution in [-0.4, -0.2) is 35.8 Å². The molecule has 2 rings (SSSR count). The van der Waals surface area contributed by atoms with Crippen LogP contribution in [0.3, 0.4) is 0 Å². The first-order chi connectivity index (χ1) is 12.2. The number of benzene rings is 2. The van der Waals surface area contributed by atoms with Crippen LogP contribution in [0.25, 0.3) is 0 Å². The molecule has 0 spiro atoms. The van der Waals surface area contributed by atoms with Crippen molar-refractivity contribution < 1.29 is 23.4 Å². The number of aliphatic hydroxyl groups is 1. The number of carboxylic acid groups (broad SMARTS) is 1. The molecule has 8 nitrogen and oxygen atoms in total. The molecule has 0 bridgehead atoms. The van der Waals surface area contributed by atoms with Crippen LogP contribution in [0, 0.1) is 0 Å².